The first-order valence-electron chi connectivity index (χ1n) is 5.79. The number of hydrogen-bond acceptors (Lipinski definition) is 4. The number of alkyl halides is 1. The third-order valence-electron chi connectivity index (χ3n) is 3.34. The van der Waals surface area contributed by atoms with E-state index < -0.39 is 36.0 Å². The molecule has 1 N–H and O–H groups in total. The number of hydrogen-bond donors (Lipinski definition) is 1. The highest BCUT2D eigenvalue weighted by molar-refractivity contribution is 8.09. The standard InChI is InChI=1S/C10H17BFO4PS/c1-5(2)14-6-7-10(6,16-17(4,13)18)9(3,12)8(11)15-7/h5-8H,1-4H3,(H,13,18)/t6?,7-,8-,9-,10-,17?/m1/s1. The van der Waals surface area contributed by atoms with Crippen molar-refractivity contribution < 1.29 is 23.3 Å². The molecule has 102 valence electrons. The fourth-order valence-corrected chi connectivity index (χ4v) is 3.80. The maximum absolute atomic E-state index is 14.7. The van der Waals surface area contributed by atoms with Gasteiger partial charge in [0, 0.05) is 6.66 Å². The number of rotatable bonds is 4. The molecule has 0 spiro atoms. The first-order chi connectivity index (χ1) is 8.02. The van der Waals surface area contributed by atoms with Crippen LogP contribution in [0.25, 0.3) is 0 Å². The minimum atomic E-state index is -3.05. The molecule has 0 aromatic rings. The van der Waals surface area contributed by atoms with Crippen LogP contribution in [0.15, 0.2) is 0 Å². The second kappa shape index (κ2) is 4.24. The summed E-state index contributed by atoms with van der Waals surface area (Å²) in [5, 5.41) is 0. The number of halogens is 1. The summed E-state index contributed by atoms with van der Waals surface area (Å²) >= 11 is 4.85. The van der Waals surface area contributed by atoms with Crippen LogP contribution in [0.2, 0.25) is 0 Å². The van der Waals surface area contributed by atoms with E-state index >= 15 is 0 Å². The summed E-state index contributed by atoms with van der Waals surface area (Å²) in [6.07, 6.45) is -1.30. The third-order valence-corrected chi connectivity index (χ3v) is 4.21. The molecule has 2 fully saturated rings. The smallest absolute Gasteiger partial charge is 0.183 e. The molecule has 4 nitrogen and oxygen atoms in total. The van der Waals surface area contributed by atoms with Gasteiger partial charge in [-0.15, -0.1) is 0 Å². The zero-order valence-corrected chi connectivity index (χ0v) is 12.5. The topological polar surface area (TPSA) is 47.9 Å². The van der Waals surface area contributed by atoms with Gasteiger partial charge in [-0.3, -0.25) is 0 Å². The van der Waals surface area contributed by atoms with Crippen molar-refractivity contribution in [2.45, 2.75) is 56.4 Å². The van der Waals surface area contributed by atoms with E-state index in [1.807, 2.05) is 13.8 Å². The molecule has 1 saturated carbocycles. The second-order valence-corrected chi connectivity index (χ2v) is 9.17. The largest absolute Gasteiger partial charge is 0.375 e. The van der Waals surface area contributed by atoms with E-state index in [0.717, 1.165) is 0 Å². The van der Waals surface area contributed by atoms with Gasteiger partial charge in [0.15, 0.2) is 17.8 Å². The molecule has 0 aromatic carbocycles. The SMILES string of the molecule is [B][C@@H]1O[C@@H]2C(OC(C)C)[C@]2(OP(C)(O)=S)[C@]1(C)F. The van der Waals surface area contributed by atoms with E-state index in [2.05, 4.69) is 0 Å². The average Bonchev–Trinajstić information content (AvgIpc) is 2.64. The van der Waals surface area contributed by atoms with E-state index in [0.29, 0.717) is 0 Å². The van der Waals surface area contributed by atoms with Crippen LogP contribution in [0.5, 0.6) is 0 Å². The van der Waals surface area contributed by atoms with E-state index in [-0.39, 0.29) is 6.10 Å². The molecule has 1 heterocycles. The highest BCUT2D eigenvalue weighted by Crippen LogP contribution is 2.66. The Bertz CT molecular complexity index is 401. The van der Waals surface area contributed by atoms with Crippen molar-refractivity contribution in [1.82, 2.24) is 0 Å². The van der Waals surface area contributed by atoms with Crippen molar-refractivity contribution >= 4 is 26.1 Å². The van der Waals surface area contributed by atoms with Crippen LogP contribution in [0.1, 0.15) is 20.8 Å². The molecule has 0 bridgehead atoms. The minimum Gasteiger partial charge on any atom is -0.375 e. The van der Waals surface area contributed by atoms with Crippen molar-refractivity contribution in [2.75, 3.05) is 6.66 Å². The third kappa shape index (κ3) is 2.09. The second-order valence-electron chi connectivity index (χ2n) is 5.35. The molecule has 6 atom stereocenters. The van der Waals surface area contributed by atoms with Crippen LogP contribution in [0.4, 0.5) is 4.39 Å². The molecule has 0 amide bonds. The van der Waals surface area contributed by atoms with Gasteiger partial charge in [-0.1, -0.05) is 0 Å². The molecule has 1 saturated heterocycles. The molecule has 2 rings (SSSR count). The van der Waals surface area contributed by atoms with Gasteiger partial charge in [0.2, 0.25) is 0 Å². The van der Waals surface area contributed by atoms with Crippen molar-refractivity contribution in [2.24, 2.45) is 0 Å². The van der Waals surface area contributed by atoms with E-state index in [9.17, 15) is 9.28 Å². The van der Waals surface area contributed by atoms with Gasteiger partial charge in [-0.2, -0.15) is 0 Å². The summed E-state index contributed by atoms with van der Waals surface area (Å²) in [6, 6.07) is -1.10. The van der Waals surface area contributed by atoms with Crippen LogP contribution in [0, 0.1) is 0 Å². The van der Waals surface area contributed by atoms with Crippen LogP contribution in [0.3, 0.4) is 0 Å². The van der Waals surface area contributed by atoms with Crippen molar-refractivity contribution in [1.29, 1.82) is 0 Å². The molecular weight excluding hydrogens is 277 g/mol. The van der Waals surface area contributed by atoms with Gasteiger partial charge in [0.25, 0.3) is 0 Å². The lowest BCUT2D eigenvalue weighted by atomic mass is 9.81. The van der Waals surface area contributed by atoms with E-state index in [1.54, 1.807) is 0 Å². The summed E-state index contributed by atoms with van der Waals surface area (Å²) in [7, 11) is 5.59. The van der Waals surface area contributed by atoms with Gasteiger partial charge in [0.05, 0.1) is 12.1 Å². The number of fused-ring (bicyclic) bond motifs is 1. The van der Waals surface area contributed by atoms with Crippen LogP contribution >= 0.6 is 6.49 Å². The monoisotopic (exact) mass is 294 g/mol. The maximum Gasteiger partial charge on any atom is 0.183 e. The predicted molar refractivity (Wildman–Crippen MR) is 70.2 cm³/mol. The van der Waals surface area contributed by atoms with Crippen LogP contribution in [-0.2, 0) is 25.8 Å². The summed E-state index contributed by atoms with van der Waals surface area (Å²) in [5.74, 6) is 0. The van der Waals surface area contributed by atoms with Crippen molar-refractivity contribution in [3.63, 3.8) is 0 Å². The highest BCUT2D eigenvalue weighted by Gasteiger charge is 2.85. The summed E-state index contributed by atoms with van der Waals surface area (Å²) in [6.45, 7) is 3.29. The molecule has 1 aliphatic heterocycles. The number of ether oxygens (including phenoxy) is 2. The molecule has 0 aromatic heterocycles. The molecular formula is C10H17BFO4PS. The van der Waals surface area contributed by atoms with Gasteiger partial charge < -0.3 is 18.9 Å². The average molecular weight is 294 g/mol. The predicted octanol–water partition coefficient (Wildman–Crippen LogP) is 1.10. The molecule has 2 radical (unpaired) electrons. The van der Waals surface area contributed by atoms with Crippen molar-refractivity contribution in [3.05, 3.63) is 0 Å². The lowest BCUT2D eigenvalue weighted by Gasteiger charge is -2.33. The fourth-order valence-electron chi connectivity index (χ4n) is 2.48. The summed E-state index contributed by atoms with van der Waals surface area (Å²) in [5.41, 5.74) is -3.32. The lowest BCUT2D eigenvalue weighted by Crippen LogP contribution is -2.49. The lowest BCUT2D eigenvalue weighted by molar-refractivity contribution is -0.0819. The highest BCUT2D eigenvalue weighted by atomic mass is 32.5. The first-order valence-corrected chi connectivity index (χ1v) is 8.91. The minimum absolute atomic E-state index is 0.106. The Morgan fingerprint density at radius 1 is 1.56 bits per heavy atom. The Hall–Kier alpha value is 0.485. The van der Waals surface area contributed by atoms with Gasteiger partial charge in [-0.25, -0.2) is 4.39 Å². The summed E-state index contributed by atoms with van der Waals surface area (Å²) < 4.78 is 31.1. The van der Waals surface area contributed by atoms with Crippen LogP contribution in [-0.4, -0.2) is 55.0 Å². The molecule has 18 heavy (non-hydrogen) atoms. The van der Waals surface area contributed by atoms with Gasteiger partial charge >= 0.3 is 0 Å². The Morgan fingerprint density at radius 2 is 2.11 bits per heavy atom. The Balaban J connectivity index is 2.28. The first kappa shape index (κ1) is 14.9. The van der Waals surface area contributed by atoms with Gasteiger partial charge in [-0.05, 0) is 32.6 Å². The molecule has 8 heteroatoms. The molecule has 2 unspecified atom stereocenters. The Kier molecular flexibility index (Phi) is 3.50. The van der Waals surface area contributed by atoms with Crippen molar-refractivity contribution in [3.8, 4) is 0 Å². The Labute approximate surface area is 113 Å². The van der Waals surface area contributed by atoms with Gasteiger partial charge in [0.1, 0.15) is 20.1 Å². The quantitative estimate of drug-likeness (QED) is 0.621. The Morgan fingerprint density at radius 3 is 2.56 bits per heavy atom. The zero-order valence-electron chi connectivity index (χ0n) is 10.8. The molecule has 2 aliphatic rings. The fraction of sp³-hybridized carbons (Fsp3) is 1.00. The van der Waals surface area contributed by atoms with E-state index in [4.69, 9.17) is 33.7 Å². The van der Waals surface area contributed by atoms with Crippen LogP contribution < -0.4 is 0 Å². The van der Waals surface area contributed by atoms with E-state index in [1.165, 1.54) is 13.6 Å². The zero-order chi connectivity index (χ0) is 13.9. The summed E-state index contributed by atoms with van der Waals surface area (Å²) in [4.78, 5) is 9.73. The normalized spacial score (nSPS) is 50.1. The molecule has 1 aliphatic carbocycles. The maximum atomic E-state index is 14.7.